The third-order valence-electron chi connectivity index (χ3n) is 3.58. The molecule has 1 aromatic heterocycles. The van der Waals surface area contributed by atoms with Gasteiger partial charge in [-0.05, 0) is 43.4 Å². The first-order valence-corrected chi connectivity index (χ1v) is 6.25. The van der Waals surface area contributed by atoms with E-state index in [1.807, 2.05) is 24.4 Å². The summed E-state index contributed by atoms with van der Waals surface area (Å²) in [6.45, 7) is 1.84. The van der Waals surface area contributed by atoms with Crippen molar-refractivity contribution in [3.8, 4) is 0 Å². The van der Waals surface area contributed by atoms with Crippen LogP contribution in [0.1, 0.15) is 25.7 Å². The van der Waals surface area contributed by atoms with E-state index in [0.717, 1.165) is 24.8 Å². The zero-order chi connectivity index (χ0) is 11.2. The molecule has 1 fully saturated rings. The molecule has 0 bridgehead atoms. The maximum atomic E-state index is 5.82. The molecule has 3 heteroatoms. The fourth-order valence-corrected chi connectivity index (χ4v) is 2.57. The minimum absolute atomic E-state index is 0.699. The fourth-order valence-electron chi connectivity index (χ4n) is 2.57. The number of nitrogens with zero attached hydrogens (tertiary/aromatic N) is 1. The topological polar surface area (TPSA) is 50.9 Å². The smallest absolute Gasteiger partial charge is 0.125 e. The molecule has 0 radical (unpaired) electrons. The molecule has 2 atom stereocenters. The summed E-state index contributed by atoms with van der Waals surface area (Å²) in [5, 5.41) is 3.41. The minimum atomic E-state index is 0.699. The molecule has 1 aromatic rings. The third-order valence-corrected chi connectivity index (χ3v) is 3.58. The van der Waals surface area contributed by atoms with Gasteiger partial charge in [0.15, 0.2) is 0 Å². The Morgan fingerprint density at radius 2 is 2.06 bits per heavy atom. The average Bonchev–Trinajstić information content (AvgIpc) is 2.38. The zero-order valence-electron chi connectivity index (χ0n) is 9.73. The van der Waals surface area contributed by atoms with Crippen molar-refractivity contribution in [2.75, 3.05) is 18.4 Å². The normalized spacial score (nSPS) is 25.3. The van der Waals surface area contributed by atoms with Crippen LogP contribution in [0.4, 0.5) is 5.82 Å². The quantitative estimate of drug-likeness (QED) is 0.816. The van der Waals surface area contributed by atoms with Gasteiger partial charge in [-0.25, -0.2) is 4.98 Å². The van der Waals surface area contributed by atoms with Crippen molar-refractivity contribution in [2.45, 2.75) is 25.7 Å². The van der Waals surface area contributed by atoms with Crippen LogP contribution in [0.15, 0.2) is 24.4 Å². The molecule has 0 amide bonds. The van der Waals surface area contributed by atoms with E-state index in [4.69, 9.17) is 5.73 Å². The highest BCUT2D eigenvalue weighted by atomic mass is 15.0. The lowest BCUT2D eigenvalue weighted by molar-refractivity contribution is 0.255. The molecule has 1 aliphatic rings. The van der Waals surface area contributed by atoms with Crippen LogP contribution in [0.3, 0.4) is 0 Å². The van der Waals surface area contributed by atoms with Crippen LogP contribution in [0.5, 0.6) is 0 Å². The Labute approximate surface area is 97.5 Å². The maximum absolute atomic E-state index is 5.82. The Morgan fingerprint density at radius 3 is 2.75 bits per heavy atom. The van der Waals surface area contributed by atoms with Crippen molar-refractivity contribution in [1.29, 1.82) is 0 Å². The van der Waals surface area contributed by atoms with Gasteiger partial charge in [0.2, 0.25) is 0 Å². The SMILES string of the molecule is NCC1CCCCC1CNc1ccccn1. The standard InChI is InChI=1S/C13H21N3/c14-9-11-5-1-2-6-12(11)10-16-13-7-3-4-8-15-13/h3-4,7-8,11-12H,1-2,5-6,9-10,14H2,(H,15,16). The van der Waals surface area contributed by atoms with Gasteiger partial charge in [0, 0.05) is 12.7 Å². The van der Waals surface area contributed by atoms with Crippen molar-refractivity contribution in [2.24, 2.45) is 17.6 Å². The van der Waals surface area contributed by atoms with Crippen molar-refractivity contribution in [3.05, 3.63) is 24.4 Å². The number of hydrogen-bond acceptors (Lipinski definition) is 3. The number of pyridine rings is 1. The second kappa shape index (κ2) is 5.85. The monoisotopic (exact) mass is 219 g/mol. The van der Waals surface area contributed by atoms with Gasteiger partial charge in [0.25, 0.3) is 0 Å². The van der Waals surface area contributed by atoms with Gasteiger partial charge in [0.05, 0.1) is 0 Å². The molecule has 0 spiro atoms. The van der Waals surface area contributed by atoms with Crippen molar-refractivity contribution < 1.29 is 0 Å². The predicted octanol–water partition coefficient (Wildman–Crippen LogP) is 2.26. The Hall–Kier alpha value is -1.09. The second-order valence-corrected chi connectivity index (χ2v) is 4.64. The van der Waals surface area contributed by atoms with Crippen LogP contribution in [0, 0.1) is 11.8 Å². The Bertz CT molecular complexity index is 299. The molecule has 0 saturated heterocycles. The van der Waals surface area contributed by atoms with Crippen molar-refractivity contribution >= 4 is 5.82 Å². The number of hydrogen-bond donors (Lipinski definition) is 2. The fraction of sp³-hybridized carbons (Fsp3) is 0.615. The van der Waals surface area contributed by atoms with E-state index in [1.54, 1.807) is 0 Å². The van der Waals surface area contributed by atoms with Crippen LogP contribution in [-0.2, 0) is 0 Å². The first-order valence-electron chi connectivity index (χ1n) is 6.25. The molecule has 1 heterocycles. The molecule has 1 aliphatic carbocycles. The number of nitrogens with one attached hydrogen (secondary N) is 1. The summed E-state index contributed by atoms with van der Waals surface area (Å²) in [5.41, 5.74) is 5.82. The summed E-state index contributed by atoms with van der Waals surface area (Å²) in [7, 11) is 0. The molecule has 3 nitrogen and oxygen atoms in total. The van der Waals surface area contributed by atoms with Gasteiger partial charge >= 0.3 is 0 Å². The molecular formula is C13H21N3. The molecule has 1 saturated carbocycles. The molecule has 88 valence electrons. The maximum Gasteiger partial charge on any atom is 0.125 e. The minimum Gasteiger partial charge on any atom is -0.370 e. The highest BCUT2D eigenvalue weighted by Gasteiger charge is 2.23. The van der Waals surface area contributed by atoms with Crippen LogP contribution in [-0.4, -0.2) is 18.1 Å². The van der Waals surface area contributed by atoms with E-state index in [9.17, 15) is 0 Å². The number of anilines is 1. The predicted molar refractivity (Wildman–Crippen MR) is 67.2 cm³/mol. The van der Waals surface area contributed by atoms with E-state index in [1.165, 1.54) is 25.7 Å². The van der Waals surface area contributed by atoms with Crippen molar-refractivity contribution in [1.82, 2.24) is 4.98 Å². The second-order valence-electron chi connectivity index (χ2n) is 4.64. The van der Waals surface area contributed by atoms with Gasteiger partial charge < -0.3 is 11.1 Å². The first kappa shape index (κ1) is 11.4. The number of nitrogens with two attached hydrogens (primary N) is 1. The Morgan fingerprint density at radius 1 is 1.25 bits per heavy atom. The van der Waals surface area contributed by atoms with Gasteiger partial charge in [-0.1, -0.05) is 18.9 Å². The van der Waals surface area contributed by atoms with E-state index < -0.39 is 0 Å². The van der Waals surface area contributed by atoms with Gasteiger partial charge in [-0.3, -0.25) is 0 Å². The van der Waals surface area contributed by atoms with Crippen LogP contribution >= 0.6 is 0 Å². The molecule has 16 heavy (non-hydrogen) atoms. The molecule has 0 aliphatic heterocycles. The lowest BCUT2D eigenvalue weighted by atomic mass is 9.79. The summed E-state index contributed by atoms with van der Waals surface area (Å²) in [6.07, 6.45) is 7.13. The molecule has 2 rings (SSSR count). The number of aromatic nitrogens is 1. The molecule has 3 N–H and O–H groups in total. The third kappa shape index (κ3) is 2.95. The van der Waals surface area contributed by atoms with Crippen molar-refractivity contribution in [3.63, 3.8) is 0 Å². The summed E-state index contributed by atoms with van der Waals surface area (Å²) < 4.78 is 0. The van der Waals surface area contributed by atoms with Crippen LogP contribution in [0.2, 0.25) is 0 Å². The van der Waals surface area contributed by atoms with Gasteiger partial charge in [-0.2, -0.15) is 0 Å². The highest BCUT2D eigenvalue weighted by molar-refractivity contribution is 5.33. The summed E-state index contributed by atoms with van der Waals surface area (Å²) >= 11 is 0. The first-order chi connectivity index (χ1) is 7.90. The van der Waals surface area contributed by atoms with Gasteiger partial charge in [0.1, 0.15) is 5.82 Å². The summed E-state index contributed by atoms with van der Waals surface area (Å²) in [6, 6.07) is 5.96. The molecular weight excluding hydrogens is 198 g/mol. The molecule has 0 aromatic carbocycles. The summed E-state index contributed by atoms with van der Waals surface area (Å²) in [4.78, 5) is 4.27. The Balaban J connectivity index is 1.84. The molecule has 2 unspecified atom stereocenters. The van der Waals surface area contributed by atoms with Crippen LogP contribution < -0.4 is 11.1 Å². The lowest BCUT2D eigenvalue weighted by Gasteiger charge is -2.30. The van der Waals surface area contributed by atoms with Crippen LogP contribution in [0.25, 0.3) is 0 Å². The lowest BCUT2D eigenvalue weighted by Crippen LogP contribution is -2.31. The Kier molecular flexibility index (Phi) is 4.17. The largest absolute Gasteiger partial charge is 0.370 e. The van der Waals surface area contributed by atoms with E-state index >= 15 is 0 Å². The highest BCUT2D eigenvalue weighted by Crippen LogP contribution is 2.29. The summed E-state index contributed by atoms with van der Waals surface area (Å²) in [5.74, 6) is 2.40. The number of rotatable bonds is 4. The van der Waals surface area contributed by atoms with Gasteiger partial charge in [-0.15, -0.1) is 0 Å². The average molecular weight is 219 g/mol. The van der Waals surface area contributed by atoms with E-state index in [0.29, 0.717) is 5.92 Å². The zero-order valence-corrected chi connectivity index (χ0v) is 9.73. The van der Waals surface area contributed by atoms with E-state index in [2.05, 4.69) is 10.3 Å². The van der Waals surface area contributed by atoms with E-state index in [-0.39, 0.29) is 0 Å².